The van der Waals surface area contributed by atoms with Crippen molar-refractivity contribution in [2.24, 2.45) is 7.05 Å². The highest BCUT2D eigenvalue weighted by Crippen LogP contribution is 2.33. The van der Waals surface area contributed by atoms with Crippen LogP contribution in [0.15, 0.2) is 30.7 Å². The van der Waals surface area contributed by atoms with Crippen molar-refractivity contribution >= 4 is 45.9 Å². The number of anilines is 3. The molecule has 0 unspecified atom stereocenters. The molecule has 2 amide bonds. The monoisotopic (exact) mass is 589 g/mol. The molecular weight excluding hydrogens is 550 g/mol. The van der Waals surface area contributed by atoms with E-state index in [9.17, 15) is 9.59 Å². The van der Waals surface area contributed by atoms with Crippen LogP contribution < -0.4 is 15.1 Å². The molecule has 3 aromatic heterocycles. The summed E-state index contributed by atoms with van der Waals surface area (Å²) in [5, 5.41) is 8.54. The van der Waals surface area contributed by atoms with Crippen LogP contribution in [0, 0.1) is 6.92 Å². The summed E-state index contributed by atoms with van der Waals surface area (Å²) in [6.07, 6.45) is 6.13. The Labute approximate surface area is 250 Å². The van der Waals surface area contributed by atoms with Gasteiger partial charge in [0.2, 0.25) is 0 Å². The van der Waals surface area contributed by atoms with E-state index in [1.807, 2.05) is 63.7 Å². The Morgan fingerprint density at radius 3 is 2.58 bits per heavy atom. The molecule has 1 aromatic carbocycles. The fourth-order valence-corrected chi connectivity index (χ4v) is 5.76. The van der Waals surface area contributed by atoms with Gasteiger partial charge in [0.05, 0.1) is 36.7 Å². The lowest BCUT2D eigenvalue weighted by Gasteiger charge is -2.29. The Morgan fingerprint density at radius 1 is 1.07 bits per heavy atom. The van der Waals surface area contributed by atoms with Gasteiger partial charge in [0.15, 0.2) is 17.3 Å². The van der Waals surface area contributed by atoms with Gasteiger partial charge in [-0.2, -0.15) is 5.10 Å². The second-order valence-corrected chi connectivity index (χ2v) is 12.3. The van der Waals surface area contributed by atoms with Crippen molar-refractivity contribution < 1.29 is 19.1 Å². The number of benzene rings is 1. The fourth-order valence-electron chi connectivity index (χ4n) is 5.76. The largest absolute Gasteiger partial charge is 0.444 e. The molecule has 0 bridgehead atoms. The topological polar surface area (TPSA) is 122 Å². The summed E-state index contributed by atoms with van der Waals surface area (Å²) in [5.41, 5.74) is 3.10. The SMILES string of the molecule is Cc1cn2cc(NC(=O)c3ccc(N4CC[C@@H](N(C)C(=O)OC(C)(C)C)C4)c4cn(C)nc34)nc(N3CCOCC3)c2n1. The minimum atomic E-state index is -0.551. The van der Waals surface area contributed by atoms with Crippen LogP contribution in [-0.2, 0) is 16.5 Å². The van der Waals surface area contributed by atoms with Gasteiger partial charge in [-0.1, -0.05) is 0 Å². The number of hydrogen-bond donors (Lipinski definition) is 1. The molecule has 0 aliphatic carbocycles. The Kier molecular flexibility index (Phi) is 7.36. The molecule has 43 heavy (non-hydrogen) atoms. The van der Waals surface area contributed by atoms with Crippen molar-refractivity contribution in [3.8, 4) is 0 Å². The lowest BCUT2D eigenvalue weighted by molar-refractivity contribution is 0.0237. The molecule has 0 radical (unpaired) electrons. The van der Waals surface area contributed by atoms with Crippen LogP contribution in [0.3, 0.4) is 0 Å². The van der Waals surface area contributed by atoms with Crippen molar-refractivity contribution in [1.29, 1.82) is 0 Å². The molecule has 2 aliphatic rings. The molecule has 2 aliphatic heterocycles. The predicted molar refractivity (Wildman–Crippen MR) is 164 cm³/mol. The number of carbonyl (C=O) groups is 2. The van der Waals surface area contributed by atoms with Crippen LogP contribution in [0.2, 0.25) is 0 Å². The first-order valence-corrected chi connectivity index (χ1v) is 14.6. The maximum absolute atomic E-state index is 13.7. The number of imidazole rings is 1. The summed E-state index contributed by atoms with van der Waals surface area (Å²) in [7, 11) is 3.64. The Balaban J connectivity index is 1.25. The summed E-state index contributed by atoms with van der Waals surface area (Å²) in [4.78, 5) is 41.9. The van der Waals surface area contributed by atoms with Crippen LogP contribution in [0.4, 0.5) is 22.1 Å². The summed E-state index contributed by atoms with van der Waals surface area (Å²) >= 11 is 0. The molecule has 5 heterocycles. The number of aromatic nitrogens is 5. The van der Waals surface area contributed by atoms with Crippen LogP contribution in [0.1, 0.15) is 43.2 Å². The van der Waals surface area contributed by atoms with E-state index in [1.165, 1.54) is 0 Å². The van der Waals surface area contributed by atoms with Crippen LogP contribution >= 0.6 is 0 Å². The highest BCUT2D eigenvalue weighted by atomic mass is 16.6. The number of likely N-dealkylation sites (N-methyl/N-ethyl adjacent to an activating group) is 1. The average Bonchev–Trinajstić information content (AvgIpc) is 3.68. The van der Waals surface area contributed by atoms with Gasteiger partial charge in [0.25, 0.3) is 5.91 Å². The van der Waals surface area contributed by atoms with Crippen LogP contribution in [-0.4, -0.2) is 99.1 Å². The molecule has 4 aromatic rings. The van der Waals surface area contributed by atoms with Gasteiger partial charge in [0, 0.05) is 63.7 Å². The third kappa shape index (κ3) is 5.81. The van der Waals surface area contributed by atoms with Crippen molar-refractivity contribution in [2.45, 2.75) is 45.8 Å². The maximum Gasteiger partial charge on any atom is 0.410 e. The first-order chi connectivity index (χ1) is 20.5. The van der Waals surface area contributed by atoms with E-state index >= 15 is 0 Å². The third-order valence-corrected chi connectivity index (χ3v) is 7.84. The Hall–Kier alpha value is -4.39. The second-order valence-electron chi connectivity index (χ2n) is 12.3. The number of morpholine rings is 1. The van der Waals surface area contributed by atoms with E-state index < -0.39 is 5.60 Å². The van der Waals surface area contributed by atoms with Crippen molar-refractivity contribution in [1.82, 2.24) is 29.0 Å². The smallest absolute Gasteiger partial charge is 0.410 e. The van der Waals surface area contributed by atoms with E-state index in [0.29, 0.717) is 55.6 Å². The van der Waals surface area contributed by atoms with Gasteiger partial charge >= 0.3 is 6.09 Å². The van der Waals surface area contributed by atoms with E-state index in [-0.39, 0.29) is 18.0 Å². The quantitative estimate of drug-likeness (QED) is 0.373. The van der Waals surface area contributed by atoms with E-state index in [2.05, 4.69) is 25.2 Å². The van der Waals surface area contributed by atoms with Crippen molar-refractivity contribution in [3.63, 3.8) is 0 Å². The fraction of sp³-hybridized carbons (Fsp3) is 0.500. The maximum atomic E-state index is 13.7. The minimum Gasteiger partial charge on any atom is -0.444 e. The molecule has 0 spiro atoms. The molecule has 1 atom stereocenters. The first kappa shape index (κ1) is 28.7. The van der Waals surface area contributed by atoms with Crippen molar-refractivity contribution in [3.05, 3.63) is 42.0 Å². The lowest BCUT2D eigenvalue weighted by Crippen LogP contribution is -2.42. The average molecular weight is 590 g/mol. The van der Waals surface area contributed by atoms with Gasteiger partial charge < -0.3 is 33.9 Å². The van der Waals surface area contributed by atoms with E-state index in [4.69, 9.17) is 14.5 Å². The van der Waals surface area contributed by atoms with Crippen molar-refractivity contribution in [2.75, 3.05) is 61.6 Å². The molecule has 13 nitrogen and oxygen atoms in total. The zero-order chi connectivity index (χ0) is 30.5. The first-order valence-electron chi connectivity index (χ1n) is 14.6. The van der Waals surface area contributed by atoms with E-state index in [1.54, 1.807) is 22.8 Å². The van der Waals surface area contributed by atoms with Gasteiger partial charge in [-0.3, -0.25) is 9.48 Å². The van der Waals surface area contributed by atoms with E-state index in [0.717, 1.165) is 35.4 Å². The zero-order valence-corrected chi connectivity index (χ0v) is 25.6. The number of nitrogens with one attached hydrogen (secondary N) is 1. The molecule has 1 N–H and O–H groups in total. The predicted octanol–water partition coefficient (Wildman–Crippen LogP) is 3.46. The summed E-state index contributed by atoms with van der Waals surface area (Å²) in [6, 6.07) is 3.79. The number of amides is 2. The zero-order valence-electron chi connectivity index (χ0n) is 25.6. The lowest BCUT2D eigenvalue weighted by atomic mass is 10.1. The molecule has 2 saturated heterocycles. The summed E-state index contributed by atoms with van der Waals surface area (Å²) in [6.45, 7) is 11.6. The minimum absolute atomic E-state index is 0.0120. The Morgan fingerprint density at radius 2 is 1.84 bits per heavy atom. The summed E-state index contributed by atoms with van der Waals surface area (Å²) in [5.74, 6) is 0.848. The number of rotatable bonds is 5. The number of hydrogen-bond acceptors (Lipinski definition) is 9. The molecule has 6 rings (SSSR count). The molecule has 228 valence electrons. The normalized spacial score (nSPS) is 17.6. The highest BCUT2D eigenvalue weighted by molar-refractivity contribution is 6.13. The number of aryl methyl sites for hydroxylation is 2. The Bertz CT molecular complexity index is 1680. The van der Waals surface area contributed by atoms with Crippen LogP contribution in [0.25, 0.3) is 16.6 Å². The number of ether oxygens (including phenoxy) is 2. The summed E-state index contributed by atoms with van der Waals surface area (Å²) < 4.78 is 14.7. The number of nitrogens with zero attached hydrogens (tertiary/aromatic N) is 8. The standard InChI is InChI=1S/C30H39N9O4/c1-19-15-39-18-24(32-27(26(39)31-19)37-11-13-42-14-12-37)33-28(40)21-7-8-23(22-17-35(5)34-25(21)22)38-10-9-20(16-38)36(6)29(41)43-30(2,3)4/h7-8,15,17-18,20H,9-14,16H2,1-6H3,(H,33,40)/t20-/m1/s1. The molecule has 0 saturated carbocycles. The third-order valence-electron chi connectivity index (χ3n) is 7.84. The van der Waals surface area contributed by atoms with Gasteiger partial charge in [0.1, 0.15) is 11.1 Å². The van der Waals surface area contributed by atoms with Crippen LogP contribution in [0.5, 0.6) is 0 Å². The molecular formula is C30H39N9O4. The number of carbonyl (C=O) groups excluding carboxylic acids is 2. The van der Waals surface area contributed by atoms with Gasteiger partial charge in [-0.05, 0) is 46.2 Å². The number of fused-ring (bicyclic) bond motifs is 2. The van der Waals surface area contributed by atoms with Gasteiger partial charge in [-0.25, -0.2) is 14.8 Å². The molecule has 2 fully saturated rings. The second kappa shape index (κ2) is 11.0. The van der Waals surface area contributed by atoms with Gasteiger partial charge in [-0.15, -0.1) is 0 Å². The molecule has 13 heteroatoms. The highest BCUT2D eigenvalue weighted by Gasteiger charge is 2.32.